The number of ether oxygens (including phenoxy) is 2. The SMILES string of the molecule is CCOC(=O)/C=C1\CC[C@@H](S(=O)(=O)c2ccccc2)[C@@H](CCCOCc2ccccc2)N1Cc1ccccc1. The molecule has 0 spiro atoms. The lowest BCUT2D eigenvalue weighted by Gasteiger charge is -2.44. The monoisotopic (exact) mass is 547 g/mol. The number of sulfone groups is 1. The lowest BCUT2D eigenvalue weighted by atomic mass is 9.94. The fourth-order valence-electron chi connectivity index (χ4n) is 5.16. The Labute approximate surface area is 232 Å². The number of esters is 1. The summed E-state index contributed by atoms with van der Waals surface area (Å²) in [5.41, 5.74) is 2.97. The standard InChI is InChI=1S/C32H37NO5S/c1-2-38-32(34)23-28-20-21-31(39(35,36)29-17-10-5-11-18-29)30(33(28)24-26-13-6-3-7-14-26)19-12-22-37-25-27-15-8-4-9-16-27/h3-11,13-18,23,30-31H,2,12,19-22,24-25H2,1H3/b28-23+/t30-,31-/m1/s1. The van der Waals surface area contributed by atoms with Crippen LogP contribution in [0.5, 0.6) is 0 Å². The number of nitrogens with zero attached hydrogens (tertiary/aromatic N) is 1. The van der Waals surface area contributed by atoms with E-state index in [9.17, 15) is 13.2 Å². The van der Waals surface area contributed by atoms with Crippen molar-refractivity contribution in [3.05, 3.63) is 114 Å². The van der Waals surface area contributed by atoms with Gasteiger partial charge in [0, 0.05) is 31.0 Å². The lowest BCUT2D eigenvalue weighted by molar-refractivity contribution is -0.137. The summed E-state index contributed by atoms with van der Waals surface area (Å²) in [6.07, 6.45) is 3.75. The highest BCUT2D eigenvalue weighted by atomic mass is 32.2. The molecule has 206 valence electrons. The highest BCUT2D eigenvalue weighted by molar-refractivity contribution is 7.92. The van der Waals surface area contributed by atoms with Crippen molar-refractivity contribution < 1.29 is 22.7 Å². The van der Waals surface area contributed by atoms with Gasteiger partial charge in [0.2, 0.25) is 0 Å². The summed E-state index contributed by atoms with van der Waals surface area (Å²) in [4.78, 5) is 14.9. The summed E-state index contributed by atoms with van der Waals surface area (Å²) in [5.74, 6) is -0.403. The molecule has 1 aliphatic rings. The van der Waals surface area contributed by atoms with Gasteiger partial charge in [0.1, 0.15) is 0 Å². The number of allylic oxidation sites excluding steroid dienone is 1. The van der Waals surface area contributed by atoms with Gasteiger partial charge in [0.05, 0.1) is 23.4 Å². The van der Waals surface area contributed by atoms with Crippen LogP contribution in [0.3, 0.4) is 0 Å². The molecule has 1 heterocycles. The van der Waals surface area contributed by atoms with Crippen molar-refractivity contribution >= 4 is 15.8 Å². The first-order chi connectivity index (χ1) is 19.0. The molecule has 0 amide bonds. The van der Waals surface area contributed by atoms with E-state index < -0.39 is 21.1 Å². The van der Waals surface area contributed by atoms with Crippen LogP contribution in [0.4, 0.5) is 0 Å². The Kier molecular flexibility index (Phi) is 10.3. The van der Waals surface area contributed by atoms with E-state index in [0.29, 0.717) is 50.3 Å². The molecule has 0 aromatic heterocycles. The van der Waals surface area contributed by atoms with Crippen molar-refractivity contribution in [2.24, 2.45) is 0 Å². The minimum atomic E-state index is -3.61. The molecule has 4 rings (SSSR count). The molecule has 1 aliphatic heterocycles. The van der Waals surface area contributed by atoms with E-state index in [2.05, 4.69) is 4.90 Å². The fraction of sp³-hybridized carbons (Fsp3) is 0.344. The zero-order chi connectivity index (χ0) is 27.5. The van der Waals surface area contributed by atoms with Crippen LogP contribution in [0.1, 0.15) is 43.7 Å². The number of rotatable bonds is 12. The van der Waals surface area contributed by atoms with Gasteiger partial charge in [0.15, 0.2) is 9.84 Å². The van der Waals surface area contributed by atoms with Crippen LogP contribution in [0.15, 0.2) is 108 Å². The van der Waals surface area contributed by atoms with Gasteiger partial charge in [-0.15, -0.1) is 0 Å². The molecular formula is C32H37NO5S. The Hall–Kier alpha value is -3.42. The van der Waals surface area contributed by atoms with E-state index in [-0.39, 0.29) is 12.6 Å². The second kappa shape index (κ2) is 14.1. The quantitative estimate of drug-likeness (QED) is 0.159. The first-order valence-corrected chi connectivity index (χ1v) is 15.1. The van der Waals surface area contributed by atoms with E-state index in [1.807, 2.05) is 66.7 Å². The van der Waals surface area contributed by atoms with E-state index in [1.54, 1.807) is 31.2 Å². The van der Waals surface area contributed by atoms with Crippen molar-refractivity contribution in [1.29, 1.82) is 0 Å². The third kappa shape index (κ3) is 7.80. The third-order valence-corrected chi connectivity index (χ3v) is 9.30. The van der Waals surface area contributed by atoms with Gasteiger partial charge in [-0.3, -0.25) is 0 Å². The van der Waals surface area contributed by atoms with Gasteiger partial charge in [-0.25, -0.2) is 13.2 Å². The number of hydrogen-bond acceptors (Lipinski definition) is 6. The van der Waals surface area contributed by atoms with E-state index in [4.69, 9.17) is 9.47 Å². The predicted octanol–water partition coefficient (Wildman–Crippen LogP) is 5.94. The Morgan fingerprint density at radius 3 is 2.18 bits per heavy atom. The minimum Gasteiger partial charge on any atom is -0.463 e. The summed E-state index contributed by atoms with van der Waals surface area (Å²) in [6.45, 7) is 3.59. The van der Waals surface area contributed by atoms with Gasteiger partial charge in [0.25, 0.3) is 0 Å². The van der Waals surface area contributed by atoms with Gasteiger partial charge < -0.3 is 14.4 Å². The molecule has 39 heavy (non-hydrogen) atoms. The lowest BCUT2D eigenvalue weighted by Crippen LogP contribution is -2.50. The molecule has 1 fully saturated rings. The maximum Gasteiger partial charge on any atom is 0.332 e. The Morgan fingerprint density at radius 1 is 0.923 bits per heavy atom. The Bertz CT molecular complexity index is 1310. The second-order valence-electron chi connectivity index (χ2n) is 9.68. The first-order valence-electron chi connectivity index (χ1n) is 13.6. The zero-order valence-corrected chi connectivity index (χ0v) is 23.3. The van der Waals surface area contributed by atoms with E-state index in [1.165, 1.54) is 6.08 Å². The molecule has 3 aromatic carbocycles. The van der Waals surface area contributed by atoms with Gasteiger partial charge >= 0.3 is 5.97 Å². The van der Waals surface area contributed by atoms with Gasteiger partial charge in [-0.05, 0) is 55.9 Å². The van der Waals surface area contributed by atoms with Crippen molar-refractivity contribution in [2.75, 3.05) is 13.2 Å². The van der Waals surface area contributed by atoms with Crippen molar-refractivity contribution in [1.82, 2.24) is 4.90 Å². The van der Waals surface area contributed by atoms with Gasteiger partial charge in [-0.2, -0.15) is 0 Å². The third-order valence-electron chi connectivity index (χ3n) is 7.02. The van der Waals surface area contributed by atoms with Crippen LogP contribution >= 0.6 is 0 Å². The molecular weight excluding hydrogens is 510 g/mol. The second-order valence-corrected chi connectivity index (χ2v) is 11.9. The molecule has 0 unspecified atom stereocenters. The number of benzene rings is 3. The number of carbonyl (C=O) groups is 1. The Balaban J connectivity index is 1.61. The Morgan fingerprint density at radius 2 is 1.54 bits per heavy atom. The number of carbonyl (C=O) groups excluding carboxylic acids is 1. The number of hydrogen-bond donors (Lipinski definition) is 0. The number of piperidine rings is 1. The summed E-state index contributed by atoms with van der Waals surface area (Å²) in [5, 5.41) is -0.614. The first kappa shape index (κ1) is 28.6. The van der Waals surface area contributed by atoms with Crippen LogP contribution in [-0.2, 0) is 37.3 Å². The molecule has 7 heteroatoms. The highest BCUT2D eigenvalue weighted by Crippen LogP contribution is 2.36. The molecule has 2 atom stereocenters. The molecule has 0 N–H and O–H groups in total. The summed E-state index contributed by atoms with van der Waals surface area (Å²) in [6, 6.07) is 28.3. The van der Waals surface area contributed by atoms with Gasteiger partial charge in [-0.1, -0.05) is 78.9 Å². The minimum absolute atomic E-state index is 0.286. The average molecular weight is 548 g/mol. The van der Waals surface area contributed by atoms with Crippen LogP contribution in [-0.4, -0.2) is 43.8 Å². The molecule has 0 bridgehead atoms. The molecule has 6 nitrogen and oxygen atoms in total. The van der Waals surface area contributed by atoms with Crippen LogP contribution in [0, 0.1) is 0 Å². The largest absolute Gasteiger partial charge is 0.463 e. The number of likely N-dealkylation sites (tertiary alicyclic amines) is 1. The molecule has 0 aliphatic carbocycles. The van der Waals surface area contributed by atoms with Crippen LogP contribution in [0.2, 0.25) is 0 Å². The normalized spacial score (nSPS) is 18.7. The topological polar surface area (TPSA) is 72.9 Å². The van der Waals surface area contributed by atoms with Crippen molar-refractivity contribution in [2.45, 2.75) is 61.9 Å². The van der Waals surface area contributed by atoms with Crippen LogP contribution in [0.25, 0.3) is 0 Å². The maximum atomic E-state index is 13.9. The highest BCUT2D eigenvalue weighted by Gasteiger charge is 2.41. The van der Waals surface area contributed by atoms with Crippen LogP contribution < -0.4 is 0 Å². The molecule has 0 saturated carbocycles. The fourth-order valence-corrected chi connectivity index (χ4v) is 7.17. The molecule has 3 aromatic rings. The molecule has 0 radical (unpaired) electrons. The van der Waals surface area contributed by atoms with E-state index in [0.717, 1.165) is 16.8 Å². The summed E-state index contributed by atoms with van der Waals surface area (Å²) < 4.78 is 39.0. The average Bonchev–Trinajstić information content (AvgIpc) is 2.96. The summed E-state index contributed by atoms with van der Waals surface area (Å²) in [7, 11) is -3.61. The van der Waals surface area contributed by atoms with E-state index >= 15 is 0 Å². The smallest absolute Gasteiger partial charge is 0.332 e. The predicted molar refractivity (Wildman–Crippen MR) is 152 cm³/mol. The zero-order valence-electron chi connectivity index (χ0n) is 22.4. The molecule has 1 saturated heterocycles. The maximum absolute atomic E-state index is 13.9. The van der Waals surface area contributed by atoms with Crippen molar-refractivity contribution in [3.63, 3.8) is 0 Å². The van der Waals surface area contributed by atoms with Crippen molar-refractivity contribution in [3.8, 4) is 0 Å². The summed E-state index contributed by atoms with van der Waals surface area (Å²) >= 11 is 0.